The zero-order chi connectivity index (χ0) is 24.8. The fraction of sp³-hybridized carbons (Fsp3) is 0.407. The molecule has 2 aromatic rings. The lowest BCUT2D eigenvalue weighted by atomic mass is 9.93. The highest BCUT2D eigenvalue weighted by Crippen LogP contribution is 2.40. The number of carbonyl (C=O) groups excluding carboxylic acids is 2. The minimum Gasteiger partial charge on any atom is -0.507 e. The van der Waals surface area contributed by atoms with Crippen molar-refractivity contribution in [2.75, 3.05) is 40.9 Å². The van der Waals surface area contributed by atoms with Gasteiger partial charge in [-0.05, 0) is 81.9 Å². The molecule has 1 atom stereocenters. The minimum absolute atomic E-state index is 0.102. The van der Waals surface area contributed by atoms with Crippen LogP contribution in [0.2, 0.25) is 0 Å². The first kappa shape index (κ1) is 25.3. The van der Waals surface area contributed by atoms with Crippen molar-refractivity contribution >= 4 is 17.4 Å². The van der Waals surface area contributed by atoms with E-state index >= 15 is 0 Å². The number of hydrogen-bond acceptors (Lipinski definition) is 6. The fourth-order valence-electron chi connectivity index (χ4n) is 4.16. The average Bonchev–Trinajstić information content (AvgIpc) is 3.07. The predicted octanol–water partition coefficient (Wildman–Crippen LogP) is 4.17. The summed E-state index contributed by atoms with van der Waals surface area (Å²) < 4.78 is 10.9. The SMILES string of the molecule is CCCOc1ccc(C(O)=C2C(=O)C(=O)N(CCCN(C)C)C2c2ccc(OC)cc2)c(C)c1. The molecule has 7 heteroatoms. The van der Waals surface area contributed by atoms with Crippen LogP contribution < -0.4 is 9.47 Å². The van der Waals surface area contributed by atoms with Crippen LogP contribution in [0, 0.1) is 6.92 Å². The Morgan fingerprint density at radius 2 is 1.76 bits per heavy atom. The van der Waals surface area contributed by atoms with E-state index < -0.39 is 17.7 Å². The smallest absolute Gasteiger partial charge is 0.295 e. The second kappa shape index (κ2) is 11.2. The van der Waals surface area contributed by atoms with Crippen molar-refractivity contribution in [3.05, 3.63) is 64.7 Å². The number of methoxy groups -OCH3 is 1. The van der Waals surface area contributed by atoms with Crippen LogP contribution >= 0.6 is 0 Å². The summed E-state index contributed by atoms with van der Waals surface area (Å²) in [6.45, 7) is 5.66. The highest BCUT2D eigenvalue weighted by atomic mass is 16.5. The van der Waals surface area contributed by atoms with E-state index in [1.54, 1.807) is 36.3 Å². The molecule has 0 radical (unpaired) electrons. The summed E-state index contributed by atoms with van der Waals surface area (Å²) in [6.07, 6.45) is 1.59. The van der Waals surface area contributed by atoms with Crippen molar-refractivity contribution in [2.45, 2.75) is 32.7 Å². The Hall–Kier alpha value is -3.32. The van der Waals surface area contributed by atoms with Crippen LogP contribution in [-0.4, -0.2) is 67.5 Å². The summed E-state index contributed by atoms with van der Waals surface area (Å²) in [4.78, 5) is 29.8. The van der Waals surface area contributed by atoms with Crippen LogP contribution in [0.25, 0.3) is 5.76 Å². The summed E-state index contributed by atoms with van der Waals surface area (Å²) in [5, 5.41) is 11.3. The number of likely N-dealkylation sites (tertiary alicyclic amines) is 1. The van der Waals surface area contributed by atoms with Gasteiger partial charge in [0.15, 0.2) is 0 Å². The van der Waals surface area contributed by atoms with Crippen molar-refractivity contribution < 1.29 is 24.2 Å². The maximum Gasteiger partial charge on any atom is 0.295 e. The number of benzene rings is 2. The van der Waals surface area contributed by atoms with E-state index in [4.69, 9.17) is 9.47 Å². The number of carbonyl (C=O) groups is 2. The van der Waals surface area contributed by atoms with E-state index in [1.807, 2.05) is 51.0 Å². The Morgan fingerprint density at radius 1 is 1.09 bits per heavy atom. The number of aliphatic hydroxyl groups excluding tert-OH is 1. The quantitative estimate of drug-likeness (QED) is 0.322. The molecule has 3 rings (SSSR count). The number of ketones is 1. The second-order valence-electron chi connectivity index (χ2n) is 8.75. The van der Waals surface area contributed by atoms with E-state index in [-0.39, 0.29) is 11.3 Å². The van der Waals surface area contributed by atoms with Gasteiger partial charge in [-0.15, -0.1) is 0 Å². The molecule has 0 aromatic heterocycles. The Kier molecular flexibility index (Phi) is 8.34. The third kappa shape index (κ3) is 5.42. The van der Waals surface area contributed by atoms with Gasteiger partial charge in [-0.3, -0.25) is 9.59 Å². The summed E-state index contributed by atoms with van der Waals surface area (Å²) in [6, 6.07) is 11.9. The molecule has 1 N–H and O–H groups in total. The molecule has 0 aliphatic carbocycles. The molecule has 1 amide bonds. The maximum absolute atomic E-state index is 13.2. The monoisotopic (exact) mass is 466 g/mol. The van der Waals surface area contributed by atoms with Crippen LogP contribution in [0.4, 0.5) is 0 Å². The van der Waals surface area contributed by atoms with Gasteiger partial charge in [0, 0.05) is 12.1 Å². The van der Waals surface area contributed by atoms with Crippen LogP contribution in [-0.2, 0) is 9.59 Å². The van der Waals surface area contributed by atoms with Gasteiger partial charge in [-0.1, -0.05) is 19.1 Å². The summed E-state index contributed by atoms with van der Waals surface area (Å²) in [5.74, 6) is -0.0667. The molecule has 0 saturated carbocycles. The summed E-state index contributed by atoms with van der Waals surface area (Å²) in [7, 11) is 5.51. The van der Waals surface area contributed by atoms with Gasteiger partial charge in [-0.2, -0.15) is 0 Å². The van der Waals surface area contributed by atoms with Crippen LogP contribution in [0.15, 0.2) is 48.0 Å². The summed E-state index contributed by atoms with van der Waals surface area (Å²) in [5.41, 5.74) is 2.12. The van der Waals surface area contributed by atoms with Gasteiger partial charge in [0.2, 0.25) is 0 Å². The van der Waals surface area contributed by atoms with E-state index in [2.05, 4.69) is 0 Å². The van der Waals surface area contributed by atoms with E-state index in [0.717, 1.165) is 24.1 Å². The molecule has 1 saturated heterocycles. The van der Waals surface area contributed by atoms with E-state index in [0.29, 0.717) is 36.6 Å². The lowest BCUT2D eigenvalue weighted by Gasteiger charge is -2.26. The highest BCUT2D eigenvalue weighted by molar-refractivity contribution is 6.46. The van der Waals surface area contributed by atoms with Gasteiger partial charge in [0.05, 0.1) is 25.3 Å². The second-order valence-corrected chi connectivity index (χ2v) is 8.75. The molecule has 1 heterocycles. The van der Waals surface area contributed by atoms with Crippen molar-refractivity contribution in [1.29, 1.82) is 0 Å². The Labute approximate surface area is 201 Å². The van der Waals surface area contributed by atoms with Crippen LogP contribution in [0.5, 0.6) is 11.5 Å². The fourth-order valence-corrected chi connectivity index (χ4v) is 4.16. The largest absolute Gasteiger partial charge is 0.507 e. The zero-order valence-electron chi connectivity index (χ0n) is 20.6. The Balaban J connectivity index is 2.07. The average molecular weight is 467 g/mol. The van der Waals surface area contributed by atoms with Crippen molar-refractivity contribution in [2.24, 2.45) is 0 Å². The number of nitrogens with zero attached hydrogens (tertiary/aromatic N) is 2. The number of ether oxygens (including phenoxy) is 2. The molecule has 0 bridgehead atoms. The molecule has 7 nitrogen and oxygen atoms in total. The molecule has 1 unspecified atom stereocenters. The number of amides is 1. The normalized spacial score (nSPS) is 17.5. The first-order valence-electron chi connectivity index (χ1n) is 11.6. The molecule has 2 aromatic carbocycles. The number of Topliss-reactive ketones (excluding diaryl/α,β-unsaturated/α-hetero) is 1. The Morgan fingerprint density at radius 3 is 2.35 bits per heavy atom. The van der Waals surface area contributed by atoms with Crippen LogP contribution in [0.1, 0.15) is 42.5 Å². The van der Waals surface area contributed by atoms with Gasteiger partial charge < -0.3 is 24.4 Å². The van der Waals surface area contributed by atoms with Gasteiger partial charge in [0.1, 0.15) is 17.3 Å². The van der Waals surface area contributed by atoms with E-state index in [9.17, 15) is 14.7 Å². The number of hydrogen-bond donors (Lipinski definition) is 1. The highest BCUT2D eigenvalue weighted by Gasteiger charge is 2.45. The van der Waals surface area contributed by atoms with Crippen molar-refractivity contribution in [1.82, 2.24) is 9.80 Å². The molecular formula is C27H34N2O5. The molecular weight excluding hydrogens is 432 g/mol. The topological polar surface area (TPSA) is 79.3 Å². The van der Waals surface area contributed by atoms with Gasteiger partial charge in [-0.25, -0.2) is 0 Å². The number of rotatable bonds is 10. The number of aliphatic hydroxyl groups is 1. The molecule has 182 valence electrons. The molecule has 0 spiro atoms. The first-order chi connectivity index (χ1) is 16.3. The van der Waals surface area contributed by atoms with E-state index in [1.165, 1.54) is 0 Å². The predicted molar refractivity (Wildman–Crippen MR) is 132 cm³/mol. The molecule has 1 aliphatic rings. The maximum atomic E-state index is 13.2. The minimum atomic E-state index is -0.677. The molecule has 1 aliphatic heterocycles. The molecule has 1 fully saturated rings. The first-order valence-corrected chi connectivity index (χ1v) is 11.6. The lowest BCUT2D eigenvalue weighted by molar-refractivity contribution is -0.139. The number of aryl methyl sites for hydroxylation is 1. The van der Waals surface area contributed by atoms with Crippen molar-refractivity contribution in [3.63, 3.8) is 0 Å². The van der Waals surface area contributed by atoms with Crippen LogP contribution in [0.3, 0.4) is 0 Å². The van der Waals surface area contributed by atoms with Crippen molar-refractivity contribution in [3.8, 4) is 11.5 Å². The zero-order valence-corrected chi connectivity index (χ0v) is 20.6. The summed E-state index contributed by atoms with van der Waals surface area (Å²) >= 11 is 0. The Bertz CT molecular complexity index is 1060. The van der Waals surface area contributed by atoms with Gasteiger partial charge in [0.25, 0.3) is 11.7 Å². The standard InChI is InChI=1S/C27H34N2O5/c1-6-16-34-21-12-13-22(18(2)17-21)25(30)23-24(19-8-10-20(33-5)11-9-19)29(27(32)26(23)31)15-7-14-28(3)4/h8-13,17,24,30H,6-7,14-16H2,1-5H3. The lowest BCUT2D eigenvalue weighted by Crippen LogP contribution is -2.32. The third-order valence-corrected chi connectivity index (χ3v) is 5.90. The third-order valence-electron chi connectivity index (χ3n) is 5.90. The van der Waals surface area contributed by atoms with Gasteiger partial charge >= 0.3 is 0 Å². The molecule has 34 heavy (non-hydrogen) atoms.